The molecular weight excluding hydrogens is 377 g/mol. The number of nitrogens with zero attached hydrogens (tertiary/aromatic N) is 1. The van der Waals surface area contributed by atoms with Gasteiger partial charge in [0.1, 0.15) is 5.60 Å². The van der Waals surface area contributed by atoms with Gasteiger partial charge in [0.2, 0.25) is 5.91 Å². The number of nitrogens with two attached hydrogens (primary N) is 1. The molecule has 0 aliphatic heterocycles. The van der Waals surface area contributed by atoms with Crippen LogP contribution in [-0.2, 0) is 19.8 Å². The van der Waals surface area contributed by atoms with E-state index in [0.29, 0.717) is 6.42 Å². The standard InChI is InChI=1S/C14H25N2O3.K.H3NO3S/c1-14(2,3)19-13(18)15-11-8-6-7-10(9-11)12(17)16(4)5;;1-5(2,3)4/h8,10-11H,6-7,9H2,1-5H3,(H,15,18);;(H3,1,2,3,4)/q-1;+1;/t10-,11-;;/m0../s1. The number of carbonyl (C=O) groups excluding carboxylic acids is 2. The Kier molecular flexibility index (Phi) is 13.0. The van der Waals surface area contributed by atoms with Crippen LogP contribution in [0.25, 0.3) is 0 Å². The number of nitrogens with one attached hydrogen (secondary N) is 1. The molecule has 0 heterocycles. The molecule has 0 aromatic heterocycles. The summed E-state index contributed by atoms with van der Waals surface area (Å²) in [7, 11) is -0.645. The van der Waals surface area contributed by atoms with E-state index in [-0.39, 0.29) is 69.3 Å². The maximum Gasteiger partial charge on any atom is 1.00 e. The second kappa shape index (κ2) is 11.9. The molecule has 0 saturated heterocycles. The Morgan fingerprint density at radius 2 is 1.80 bits per heavy atom. The summed E-state index contributed by atoms with van der Waals surface area (Å²) >= 11 is 0. The van der Waals surface area contributed by atoms with Crippen LogP contribution in [0.5, 0.6) is 0 Å². The molecule has 0 spiro atoms. The zero-order chi connectivity index (χ0) is 19.1. The number of rotatable bonds is 2. The van der Waals surface area contributed by atoms with Gasteiger partial charge in [0.05, 0.1) is 0 Å². The zero-order valence-electron chi connectivity index (χ0n) is 15.8. The third kappa shape index (κ3) is 16.2. The monoisotopic (exact) mass is 405 g/mol. The maximum atomic E-state index is 11.9. The van der Waals surface area contributed by atoms with Gasteiger partial charge in [-0.25, -0.2) is 9.93 Å². The van der Waals surface area contributed by atoms with Gasteiger partial charge in [-0.1, -0.05) is 12.5 Å². The van der Waals surface area contributed by atoms with Crippen LogP contribution in [0.2, 0.25) is 0 Å². The van der Waals surface area contributed by atoms with Crippen LogP contribution in [0.1, 0.15) is 40.0 Å². The minimum Gasteiger partial charge on any atom is -0.444 e. The van der Waals surface area contributed by atoms with Crippen LogP contribution in [0.4, 0.5) is 4.79 Å². The Hall–Kier alpha value is 0.246. The predicted octanol–water partition coefficient (Wildman–Crippen LogP) is -2.28. The molecular formula is C14H28KN3O6S. The van der Waals surface area contributed by atoms with Crippen molar-refractivity contribution in [1.82, 2.24) is 10.2 Å². The summed E-state index contributed by atoms with van der Waals surface area (Å²) < 4.78 is 30.4. The number of ether oxygens (including phenoxy) is 1. The summed E-state index contributed by atoms with van der Waals surface area (Å²) in [4.78, 5) is 25.2. The van der Waals surface area contributed by atoms with Crippen molar-refractivity contribution in [1.29, 1.82) is 0 Å². The summed E-state index contributed by atoms with van der Waals surface area (Å²) in [5, 5.41) is 6.69. The fourth-order valence-corrected chi connectivity index (χ4v) is 2.19. The van der Waals surface area contributed by atoms with E-state index >= 15 is 0 Å². The molecule has 1 aliphatic carbocycles. The van der Waals surface area contributed by atoms with Crippen LogP contribution in [0.3, 0.4) is 0 Å². The van der Waals surface area contributed by atoms with Crippen molar-refractivity contribution in [3.05, 3.63) is 6.42 Å². The molecule has 1 fully saturated rings. The molecule has 0 unspecified atom stereocenters. The Morgan fingerprint density at radius 1 is 1.32 bits per heavy atom. The second-order valence-electron chi connectivity index (χ2n) is 6.75. The van der Waals surface area contributed by atoms with Gasteiger partial charge in [0.25, 0.3) is 0 Å². The molecule has 0 aromatic rings. The van der Waals surface area contributed by atoms with E-state index in [2.05, 4.69) is 10.5 Å². The number of alkyl carbamates (subject to hydrolysis) is 1. The summed E-state index contributed by atoms with van der Waals surface area (Å²) in [6.07, 6.45) is 3.96. The largest absolute Gasteiger partial charge is 1.00 e. The van der Waals surface area contributed by atoms with Gasteiger partial charge in [-0.05, 0) is 27.2 Å². The quantitative estimate of drug-likeness (QED) is 0.269. The van der Waals surface area contributed by atoms with Crippen molar-refractivity contribution < 1.29 is 78.7 Å². The van der Waals surface area contributed by atoms with Crippen molar-refractivity contribution >= 4 is 22.3 Å². The van der Waals surface area contributed by atoms with Gasteiger partial charge in [-0.2, -0.15) is 14.8 Å². The molecule has 0 aromatic carbocycles. The van der Waals surface area contributed by atoms with Crippen molar-refractivity contribution in [2.45, 2.75) is 51.7 Å². The fourth-order valence-electron chi connectivity index (χ4n) is 2.19. The normalized spacial score (nSPS) is 20.3. The molecule has 25 heavy (non-hydrogen) atoms. The minimum absolute atomic E-state index is 0. The Balaban J connectivity index is 0. The van der Waals surface area contributed by atoms with Gasteiger partial charge in [-0.15, -0.1) is 0 Å². The van der Waals surface area contributed by atoms with E-state index < -0.39 is 22.0 Å². The van der Waals surface area contributed by atoms with Gasteiger partial charge in [0.15, 0.2) is 0 Å². The third-order valence-corrected chi connectivity index (χ3v) is 3.00. The fraction of sp³-hybridized carbons (Fsp3) is 0.786. The summed E-state index contributed by atoms with van der Waals surface area (Å²) in [6.45, 7) is 5.49. The van der Waals surface area contributed by atoms with Crippen molar-refractivity contribution in [3.8, 4) is 0 Å². The Morgan fingerprint density at radius 3 is 2.20 bits per heavy atom. The van der Waals surface area contributed by atoms with E-state index in [1.165, 1.54) is 0 Å². The first-order chi connectivity index (χ1) is 10.7. The average Bonchev–Trinajstić information content (AvgIpc) is 2.33. The number of carbonyl (C=O) groups is 2. The van der Waals surface area contributed by atoms with Gasteiger partial charge in [-0.3, -0.25) is 9.35 Å². The van der Waals surface area contributed by atoms with Crippen LogP contribution >= 0.6 is 0 Å². The van der Waals surface area contributed by atoms with Crippen LogP contribution in [0, 0.1) is 12.3 Å². The van der Waals surface area contributed by atoms with Crippen LogP contribution in [0.15, 0.2) is 0 Å². The average molecular weight is 406 g/mol. The van der Waals surface area contributed by atoms with Crippen LogP contribution in [-0.4, -0.2) is 55.6 Å². The van der Waals surface area contributed by atoms with E-state index in [1.54, 1.807) is 19.0 Å². The molecule has 0 bridgehead atoms. The minimum atomic E-state index is -4.17. The molecule has 0 radical (unpaired) electrons. The Labute approximate surface area is 192 Å². The summed E-state index contributed by atoms with van der Waals surface area (Å²) in [6, 6.07) is -0.0856. The van der Waals surface area contributed by atoms with Gasteiger partial charge >= 0.3 is 67.8 Å². The molecule has 1 saturated carbocycles. The molecule has 2 atom stereocenters. The number of amides is 2. The first-order valence-electron chi connectivity index (χ1n) is 7.48. The predicted molar refractivity (Wildman–Crippen MR) is 89.2 cm³/mol. The smallest absolute Gasteiger partial charge is 0.444 e. The first-order valence-corrected chi connectivity index (χ1v) is 8.98. The second-order valence-corrected chi connectivity index (χ2v) is 7.78. The number of hydrogen-bond donors (Lipinski definition) is 3. The van der Waals surface area contributed by atoms with Crippen molar-refractivity contribution in [2.24, 2.45) is 11.1 Å². The summed E-state index contributed by atoms with van der Waals surface area (Å²) in [5.74, 6) is 0.115. The van der Waals surface area contributed by atoms with Gasteiger partial charge in [0, 0.05) is 20.0 Å². The van der Waals surface area contributed by atoms with E-state index in [9.17, 15) is 9.59 Å². The zero-order valence-corrected chi connectivity index (χ0v) is 19.7. The first kappa shape index (κ1) is 27.5. The third-order valence-electron chi connectivity index (χ3n) is 3.00. The summed E-state index contributed by atoms with van der Waals surface area (Å²) in [5.41, 5.74) is -0.502. The van der Waals surface area contributed by atoms with Gasteiger partial charge < -0.3 is 21.4 Å². The Bertz CT molecular complexity index is 525. The molecule has 4 N–H and O–H groups in total. The molecule has 11 heteroatoms. The molecule has 9 nitrogen and oxygen atoms in total. The van der Waals surface area contributed by atoms with E-state index in [1.807, 2.05) is 27.2 Å². The van der Waals surface area contributed by atoms with Crippen molar-refractivity contribution in [3.63, 3.8) is 0 Å². The van der Waals surface area contributed by atoms with E-state index in [0.717, 1.165) is 12.8 Å². The SMILES string of the molecule is CN(C)C(=O)[C@H]1CC[CH-][C@H](NC(=O)OC(C)(C)C)C1.NS(=O)(=O)O.[K+]. The van der Waals surface area contributed by atoms with Crippen molar-refractivity contribution in [2.75, 3.05) is 14.1 Å². The molecule has 1 aliphatic rings. The van der Waals surface area contributed by atoms with E-state index in [4.69, 9.17) is 17.7 Å². The molecule has 1 rings (SSSR count). The molecule has 2 amide bonds. The van der Waals surface area contributed by atoms with Crippen LogP contribution < -0.4 is 61.8 Å². The number of hydrogen-bond acceptors (Lipinski definition) is 5. The maximum absolute atomic E-state index is 11.9. The topological polar surface area (TPSA) is 139 Å². The molecule has 142 valence electrons.